The lowest BCUT2D eigenvalue weighted by molar-refractivity contribution is -0.870. The van der Waals surface area contributed by atoms with Crippen LogP contribution in [-0.2, 0) is 32.7 Å². The molecule has 0 aromatic heterocycles. The topological polar surface area (TPSA) is 108 Å². The summed E-state index contributed by atoms with van der Waals surface area (Å²) in [6.45, 7) is 4.33. The highest BCUT2D eigenvalue weighted by Crippen LogP contribution is 2.43. The second-order valence-electron chi connectivity index (χ2n) is 23.1. The summed E-state index contributed by atoms with van der Waals surface area (Å²) in [7, 11) is 1.48. The fourth-order valence-electron chi connectivity index (χ4n) is 9.30. The van der Waals surface area contributed by atoms with Crippen molar-refractivity contribution in [3.8, 4) is 0 Å². The van der Waals surface area contributed by atoms with Crippen molar-refractivity contribution >= 4 is 19.8 Å². The van der Waals surface area contributed by atoms with Crippen LogP contribution >= 0.6 is 7.82 Å². The molecule has 0 aromatic rings. The smallest absolute Gasteiger partial charge is 0.462 e. The number of quaternary nitrogens is 1. The molecule has 2 unspecified atom stereocenters. The zero-order valence-electron chi connectivity index (χ0n) is 51.2. The maximum Gasteiger partial charge on any atom is 0.472 e. The fraction of sp³-hybridized carbons (Fsp3) is 0.821. The Labute approximate surface area is 476 Å². The van der Waals surface area contributed by atoms with Crippen LogP contribution in [-0.4, -0.2) is 74.9 Å². The first-order valence-corrected chi connectivity index (χ1v) is 34.0. The minimum Gasteiger partial charge on any atom is -0.462 e. The number of rotatable bonds is 60. The molecule has 9 nitrogen and oxygen atoms in total. The molecule has 0 bridgehead atoms. The molecule has 0 amide bonds. The molecule has 0 aromatic carbocycles. The number of hydrogen-bond acceptors (Lipinski definition) is 7. The Morgan fingerprint density at radius 2 is 0.740 bits per heavy atom. The van der Waals surface area contributed by atoms with E-state index in [0.717, 1.165) is 77.0 Å². The second kappa shape index (κ2) is 58.4. The largest absolute Gasteiger partial charge is 0.472 e. The molecule has 1 N–H and O–H groups in total. The third-order valence-electron chi connectivity index (χ3n) is 14.3. The van der Waals surface area contributed by atoms with Gasteiger partial charge < -0.3 is 18.9 Å². The summed E-state index contributed by atoms with van der Waals surface area (Å²) in [5.41, 5.74) is 0. The maximum absolute atomic E-state index is 12.8. The maximum atomic E-state index is 12.8. The number of phosphoric ester groups is 1. The number of allylic oxidation sites excluding steroid dienone is 10. The summed E-state index contributed by atoms with van der Waals surface area (Å²) in [6.07, 6.45) is 76.2. The van der Waals surface area contributed by atoms with Crippen molar-refractivity contribution in [3.05, 3.63) is 60.8 Å². The van der Waals surface area contributed by atoms with E-state index in [-0.39, 0.29) is 32.0 Å². The Hall–Kier alpha value is -2.29. The molecule has 2 atom stereocenters. The molecule has 10 heteroatoms. The normalized spacial score (nSPS) is 13.6. The van der Waals surface area contributed by atoms with Gasteiger partial charge >= 0.3 is 19.8 Å². The van der Waals surface area contributed by atoms with Gasteiger partial charge in [-0.2, -0.15) is 0 Å². The number of phosphoric acid groups is 1. The van der Waals surface area contributed by atoms with E-state index in [1.165, 1.54) is 193 Å². The van der Waals surface area contributed by atoms with Gasteiger partial charge in [0.2, 0.25) is 0 Å². The van der Waals surface area contributed by atoms with Crippen LogP contribution in [0.4, 0.5) is 0 Å². The third-order valence-corrected chi connectivity index (χ3v) is 15.3. The van der Waals surface area contributed by atoms with Crippen molar-refractivity contribution in [2.45, 2.75) is 309 Å². The lowest BCUT2D eigenvalue weighted by Crippen LogP contribution is -2.37. The van der Waals surface area contributed by atoms with Crippen LogP contribution in [0, 0.1) is 0 Å². The SMILES string of the molecule is CC/C=C\C/C=C\C/C=C\C/C=C\CCCCCCCCCCCCCCCCCCCCCCCCCCCCC(=O)OC(COC(=O)CCCCCCC/C=C\CCCCCCC)COP(=O)(O)OCC[N+](C)(C)C. The number of carbonyl (C=O) groups excluding carboxylic acids is 2. The second-order valence-corrected chi connectivity index (χ2v) is 24.6. The predicted molar refractivity (Wildman–Crippen MR) is 330 cm³/mol. The highest BCUT2D eigenvalue weighted by Gasteiger charge is 2.27. The van der Waals surface area contributed by atoms with Crippen molar-refractivity contribution in [3.63, 3.8) is 0 Å². The minimum atomic E-state index is -4.38. The van der Waals surface area contributed by atoms with Gasteiger partial charge in [0.25, 0.3) is 0 Å². The summed E-state index contributed by atoms with van der Waals surface area (Å²) >= 11 is 0. The van der Waals surface area contributed by atoms with Crippen molar-refractivity contribution in [1.82, 2.24) is 0 Å². The van der Waals surface area contributed by atoms with Gasteiger partial charge in [0, 0.05) is 12.8 Å². The monoisotopic (exact) mass is 1100 g/mol. The van der Waals surface area contributed by atoms with Gasteiger partial charge in [-0.25, -0.2) is 4.57 Å². The molecular formula is C67H125NO8P+. The molecule has 77 heavy (non-hydrogen) atoms. The van der Waals surface area contributed by atoms with Gasteiger partial charge in [-0.15, -0.1) is 0 Å². The van der Waals surface area contributed by atoms with Crippen LogP contribution in [0.3, 0.4) is 0 Å². The number of hydrogen-bond donors (Lipinski definition) is 1. The molecule has 0 spiro atoms. The Morgan fingerprint density at radius 3 is 1.12 bits per heavy atom. The summed E-state index contributed by atoms with van der Waals surface area (Å²) in [6, 6.07) is 0. The Balaban J connectivity index is 3.89. The standard InChI is InChI=1S/C67H124NO8P/c1-6-8-10-12-14-16-18-20-22-23-24-25-26-27-28-29-30-31-32-33-34-35-36-37-38-39-40-41-42-43-44-45-46-48-50-52-54-56-58-60-67(70)76-65(64-75-77(71,72)74-62-61-68(3,4)5)63-73-66(69)59-57-55-53-51-49-47-21-19-17-15-13-11-9-7-2/h8,10,14,16,19-22,24-25,65H,6-7,9,11-13,15,17-18,23,26-64H2,1-5H3/p+1/b10-8-,16-14-,21-19-,22-20-,25-24-. The number of ether oxygens (including phenoxy) is 2. The number of nitrogens with zero attached hydrogens (tertiary/aromatic N) is 1. The highest BCUT2D eigenvalue weighted by atomic mass is 31.2. The van der Waals surface area contributed by atoms with E-state index in [4.69, 9.17) is 18.5 Å². The van der Waals surface area contributed by atoms with Gasteiger partial charge in [-0.05, 0) is 77.0 Å². The van der Waals surface area contributed by atoms with Crippen LogP contribution in [0.25, 0.3) is 0 Å². The molecule has 0 aliphatic heterocycles. The van der Waals surface area contributed by atoms with Crippen LogP contribution in [0.1, 0.15) is 303 Å². The molecule has 0 heterocycles. The summed E-state index contributed by atoms with van der Waals surface area (Å²) < 4.78 is 34.6. The van der Waals surface area contributed by atoms with Gasteiger partial charge in [-0.1, -0.05) is 274 Å². The predicted octanol–water partition coefficient (Wildman–Crippen LogP) is 20.7. The van der Waals surface area contributed by atoms with Crippen molar-refractivity contribution in [1.29, 1.82) is 0 Å². The quantitative estimate of drug-likeness (QED) is 0.0211. The van der Waals surface area contributed by atoms with E-state index >= 15 is 0 Å². The van der Waals surface area contributed by atoms with Gasteiger partial charge in [-0.3, -0.25) is 18.6 Å². The van der Waals surface area contributed by atoms with E-state index in [9.17, 15) is 19.0 Å². The Morgan fingerprint density at radius 1 is 0.416 bits per heavy atom. The first-order valence-electron chi connectivity index (χ1n) is 32.5. The minimum absolute atomic E-state index is 0.0318. The van der Waals surface area contributed by atoms with Crippen LogP contribution in [0.15, 0.2) is 60.8 Å². The molecule has 0 fully saturated rings. The highest BCUT2D eigenvalue weighted by molar-refractivity contribution is 7.47. The average Bonchev–Trinajstić information content (AvgIpc) is 3.39. The van der Waals surface area contributed by atoms with E-state index < -0.39 is 26.5 Å². The number of carbonyl (C=O) groups is 2. The van der Waals surface area contributed by atoms with Gasteiger partial charge in [0.1, 0.15) is 19.8 Å². The molecule has 450 valence electrons. The number of likely N-dealkylation sites (N-methyl/N-ethyl adjacent to an activating group) is 1. The summed E-state index contributed by atoms with van der Waals surface area (Å²) in [4.78, 5) is 35.7. The lowest BCUT2D eigenvalue weighted by atomic mass is 10.0. The van der Waals surface area contributed by atoms with Gasteiger partial charge in [0.15, 0.2) is 6.10 Å². The van der Waals surface area contributed by atoms with Crippen LogP contribution in [0.5, 0.6) is 0 Å². The zero-order chi connectivity index (χ0) is 56.3. The third kappa shape index (κ3) is 62.8. The molecule has 0 saturated carbocycles. The van der Waals surface area contributed by atoms with Crippen molar-refractivity contribution in [2.75, 3.05) is 47.5 Å². The fourth-order valence-corrected chi connectivity index (χ4v) is 10.0. The Kier molecular flexibility index (Phi) is 56.6. The first kappa shape index (κ1) is 74.7. The van der Waals surface area contributed by atoms with Gasteiger partial charge in [0.05, 0.1) is 27.7 Å². The van der Waals surface area contributed by atoms with E-state index in [2.05, 4.69) is 74.6 Å². The van der Waals surface area contributed by atoms with Crippen LogP contribution < -0.4 is 0 Å². The molecule has 0 rings (SSSR count). The first-order chi connectivity index (χ1) is 37.5. The van der Waals surface area contributed by atoms with E-state index in [0.29, 0.717) is 17.4 Å². The average molecular weight is 1100 g/mol. The molecular weight excluding hydrogens is 978 g/mol. The Bertz CT molecular complexity index is 1480. The molecule has 0 radical (unpaired) electrons. The van der Waals surface area contributed by atoms with Crippen LogP contribution in [0.2, 0.25) is 0 Å². The molecule has 0 aliphatic rings. The van der Waals surface area contributed by atoms with E-state index in [1.807, 2.05) is 21.1 Å². The summed E-state index contributed by atoms with van der Waals surface area (Å²) in [5.74, 6) is -0.795. The number of esters is 2. The lowest BCUT2D eigenvalue weighted by Gasteiger charge is -2.24. The van der Waals surface area contributed by atoms with E-state index in [1.54, 1.807) is 0 Å². The summed E-state index contributed by atoms with van der Waals surface area (Å²) in [5, 5.41) is 0. The zero-order valence-corrected chi connectivity index (χ0v) is 52.1. The number of unbranched alkanes of at least 4 members (excludes halogenated alkanes) is 36. The van der Waals surface area contributed by atoms with Crippen molar-refractivity contribution < 1.29 is 42.1 Å². The molecule has 0 aliphatic carbocycles. The van der Waals surface area contributed by atoms with Crippen molar-refractivity contribution in [2.24, 2.45) is 0 Å². The molecule has 0 saturated heterocycles.